The molecule has 0 radical (unpaired) electrons. The summed E-state index contributed by atoms with van der Waals surface area (Å²) in [6, 6.07) is 11.2. The minimum atomic E-state index is -0.155. The molecule has 0 saturated carbocycles. The van der Waals surface area contributed by atoms with Gasteiger partial charge in [0.05, 0.1) is 0 Å². The minimum absolute atomic E-state index is 0.155. The number of hydrogen-bond donors (Lipinski definition) is 1. The fraction of sp³-hybridized carbons (Fsp3) is 0.231. The molecule has 0 bridgehead atoms. The third-order valence-electron chi connectivity index (χ3n) is 2.80. The van der Waals surface area contributed by atoms with E-state index < -0.39 is 0 Å². The lowest BCUT2D eigenvalue weighted by Gasteiger charge is -2.13. The van der Waals surface area contributed by atoms with Crippen molar-refractivity contribution in [2.75, 3.05) is 7.05 Å². The summed E-state index contributed by atoms with van der Waals surface area (Å²) in [6.07, 6.45) is 0. The predicted octanol–water partition coefficient (Wildman–Crippen LogP) is 3.26. The number of nitrogens with one attached hydrogen (secondary N) is 1. The van der Waals surface area contributed by atoms with Crippen molar-refractivity contribution >= 4 is 10.8 Å². The van der Waals surface area contributed by atoms with Crippen molar-refractivity contribution in [3.05, 3.63) is 47.8 Å². The maximum Gasteiger partial charge on any atom is 0.131 e. The largest absolute Gasteiger partial charge is 0.313 e. The highest BCUT2D eigenvalue weighted by Gasteiger charge is 2.09. The molecule has 0 spiro atoms. The van der Waals surface area contributed by atoms with Gasteiger partial charge in [0.25, 0.3) is 0 Å². The Kier molecular flexibility index (Phi) is 2.69. The van der Waals surface area contributed by atoms with Gasteiger partial charge in [-0.25, -0.2) is 4.39 Å². The van der Waals surface area contributed by atoms with Gasteiger partial charge in [-0.05, 0) is 31.0 Å². The Morgan fingerprint density at radius 3 is 2.40 bits per heavy atom. The quantitative estimate of drug-likeness (QED) is 0.790. The van der Waals surface area contributed by atoms with E-state index in [2.05, 4.69) is 12.2 Å². The summed E-state index contributed by atoms with van der Waals surface area (Å²) in [5.41, 5.74) is 1.13. The Balaban J connectivity index is 2.71. The average Bonchev–Trinajstić information content (AvgIpc) is 2.29. The maximum absolute atomic E-state index is 13.5. The molecule has 78 valence electrons. The van der Waals surface area contributed by atoms with E-state index >= 15 is 0 Å². The smallest absolute Gasteiger partial charge is 0.131 e. The summed E-state index contributed by atoms with van der Waals surface area (Å²) < 4.78 is 13.5. The van der Waals surface area contributed by atoms with Crippen LogP contribution in [-0.2, 0) is 0 Å². The van der Waals surface area contributed by atoms with Crippen molar-refractivity contribution in [3.63, 3.8) is 0 Å². The first-order valence-corrected chi connectivity index (χ1v) is 5.08. The van der Waals surface area contributed by atoms with Crippen molar-refractivity contribution in [2.45, 2.75) is 13.0 Å². The summed E-state index contributed by atoms with van der Waals surface area (Å²) >= 11 is 0. The van der Waals surface area contributed by atoms with Gasteiger partial charge in [-0.2, -0.15) is 0 Å². The zero-order valence-corrected chi connectivity index (χ0v) is 8.92. The van der Waals surface area contributed by atoms with Gasteiger partial charge in [0.2, 0.25) is 0 Å². The summed E-state index contributed by atoms with van der Waals surface area (Å²) in [5, 5.41) is 4.85. The Morgan fingerprint density at radius 2 is 1.73 bits per heavy atom. The van der Waals surface area contributed by atoms with Crippen LogP contribution >= 0.6 is 0 Å². The molecule has 0 saturated heterocycles. The number of benzene rings is 2. The van der Waals surface area contributed by atoms with Crippen molar-refractivity contribution in [1.29, 1.82) is 0 Å². The molecule has 15 heavy (non-hydrogen) atoms. The number of fused-ring (bicyclic) bond motifs is 1. The van der Waals surface area contributed by atoms with Crippen LogP contribution in [-0.4, -0.2) is 7.05 Å². The molecule has 1 N–H and O–H groups in total. The summed E-state index contributed by atoms with van der Waals surface area (Å²) in [6.45, 7) is 2.07. The van der Waals surface area contributed by atoms with Gasteiger partial charge in [-0.1, -0.05) is 30.3 Å². The van der Waals surface area contributed by atoms with E-state index in [1.54, 1.807) is 0 Å². The average molecular weight is 203 g/mol. The molecule has 0 aliphatic heterocycles. The van der Waals surface area contributed by atoms with Crippen LogP contribution in [0.3, 0.4) is 0 Å². The summed E-state index contributed by atoms with van der Waals surface area (Å²) in [7, 11) is 1.91. The lowest BCUT2D eigenvalue weighted by atomic mass is 9.99. The monoisotopic (exact) mass is 203 g/mol. The van der Waals surface area contributed by atoms with Gasteiger partial charge in [-0.15, -0.1) is 0 Å². The van der Waals surface area contributed by atoms with E-state index in [4.69, 9.17) is 0 Å². The molecule has 0 unspecified atom stereocenters. The van der Waals surface area contributed by atoms with Crippen LogP contribution in [0.4, 0.5) is 4.39 Å². The minimum Gasteiger partial charge on any atom is -0.313 e. The first-order valence-electron chi connectivity index (χ1n) is 5.08. The Labute approximate surface area is 88.9 Å². The Bertz CT molecular complexity index is 479. The first kappa shape index (κ1) is 10.1. The zero-order valence-electron chi connectivity index (χ0n) is 8.92. The van der Waals surface area contributed by atoms with Gasteiger partial charge in [0.15, 0.2) is 0 Å². The standard InChI is InChI=1S/C13H14FN/c1-9(15-2)10-7-8-13(14)12-6-4-3-5-11(10)12/h3-9,15H,1-2H3/t9-/m1/s1. The van der Waals surface area contributed by atoms with Gasteiger partial charge < -0.3 is 5.32 Å². The van der Waals surface area contributed by atoms with E-state index in [-0.39, 0.29) is 11.9 Å². The zero-order chi connectivity index (χ0) is 10.8. The lowest BCUT2D eigenvalue weighted by Crippen LogP contribution is -2.12. The van der Waals surface area contributed by atoms with E-state index in [0.29, 0.717) is 5.39 Å². The highest BCUT2D eigenvalue weighted by molar-refractivity contribution is 5.86. The molecule has 0 amide bonds. The first-order chi connectivity index (χ1) is 7.24. The van der Waals surface area contributed by atoms with E-state index in [1.807, 2.05) is 37.4 Å². The third kappa shape index (κ3) is 1.73. The van der Waals surface area contributed by atoms with Gasteiger partial charge >= 0.3 is 0 Å². The predicted molar refractivity (Wildman–Crippen MR) is 61.4 cm³/mol. The number of halogens is 1. The van der Waals surface area contributed by atoms with Crippen molar-refractivity contribution in [3.8, 4) is 0 Å². The normalized spacial score (nSPS) is 13.0. The Hall–Kier alpha value is -1.41. The van der Waals surface area contributed by atoms with Crippen LogP contribution in [0.25, 0.3) is 10.8 Å². The molecule has 2 heteroatoms. The fourth-order valence-electron chi connectivity index (χ4n) is 1.82. The molecule has 0 aliphatic carbocycles. The maximum atomic E-state index is 13.5. The van der Waals surface area contributed by atoms with E-state index in [9.17, 15) is 4.39 Å². The molecular weight excluding hydrogens is 189 g/mol. The summed E-state index contributed by atoms with van der Waals surface area (Å²) in [5.74, 6) is -0.155. The van der Waals surface area contributed by atoms with E-state index in [0.717, 1.165) is 10.9 Å². The van der Waals surface area contributed by atoms with Crippen LogP contribution in [0, 0.1) is 5.82 Å². The van der Waals surface area contributed by atoms with Crippen LogP contribution in [0.1, 0.15) is 18.5 Å². The van der Waals surface area contributed by atoms with Crippen molar-refractivity contribution in [1.82, 2.24) is 5.32 Å². The van der Waals surface area contributed by atoms with Crippen molar-refractivity contribution in [2.24, 2.45) is 0 Å². The molecule has 2 rings (SSSR count). The number of hydrogen-bond acceptors (Lipinski definition) is 1. The summed E-state index contributed by atoms with van der Waals surface area (Å²) in [4.78, 5) is 0. The van der Waals surface area contributed by atoms with Gasteiger partial charge in [-0.3, -0.25) is 0 Å². The van der Waals surface area contributed by atoms with Crippen LogP contribution in [0.2, 0.25) is 0 Å². The second-order valence-corrected chi connectivity index (χ2v) is 3.69. The third-order valence-corrected chi connectivity index (χ3v) is 2.80. The van der Waals surface area contributed by atoms with Gasteiger partial charge in [0, 0.05) is 11.4 Å². The SMILES string of the molecule is CN[C@H](C)c1ccc(F)c2ccccc12. The molecular formula is C13H14FN. The second kappa shape index (κ2) is 3.99. The van der Waals surface area contributed by atoms with Gasteiger partial charge in [0.1, 0.15) is 5.82 Å². The van der Waals surface area contributed by atoms with Crippen LogP contribution in [0.5, 0.6) is 0 Å². The topological polar surface area (TPSA) is 12.0 Å². The van der Waals surface area contributed by atoms with Crippen molar-refractivity contribution < 1.29 is 4.39 Å². The molecule has 2 aromatic carbocycles. The molecule has 0 aliphatic rings. The molecule has 0 fully saturated rings. The fourth-order valence-corrected chi connectivity index (χ4v) is 1.82. The second-order valence-electron chi connectivity index (χ2n) is 3.69. The Morgan fingerprint density at radius 1 is 1.07 bits per heavy atom. The van der Waals surface area contributed by atoms with Crippen LogP contribution < -0.4 is 5.32 Å². The van der Waals surface area contributed by atoms with E-state index in [1.165, 1.54) is 6.07 Å². The molecule has 1 nitrogen and oxygen atoms in total. The molecule has 2 aromatic rings. The van der Waals surface area contributed by atoms with Crippen LogP contribution in [0.15, 0.2) is 36.4 Å². The molecule has 0 heterocycles. The number of rotatable bonds is 2. The lowest BCUT2D eigenvalue weighted by molar-refractivity contribution is 0.632. The highest BCUT2D eigenvalue weighted by Crippen LogP contribution is 2.25. The molecule has 0 aromatic heterocycles. The molecule has 1 atom stereocenters. The highest BCUT2D eigenvalue weighted by atomic mass is 19.1.